The number of rotatable bonds is 4. The minimum atomic E-state index is -3.13. The molecular weight excluding hydrogens is 286 g/mol. The van der Waals surface area contributed by atoms with Crippen LogP contribution in [0.2, 0.25) is 0 Å². The van der Waals surface area contributed by atoms with Crippen molar-refractivity contribution < 1.29 is 8.42 Å². The highest BCUT2D eigenvalue weighted by atomic mass is 32.2. The van der Waals surface area contributed by atoms with E-state index in [1.165, 1.54) is 19.3 Å². The molecule has 2 aliphatic rings. The first kappa shape index (κ1) is 16.7. The molecule has 0 aromatic rings. The molecular formula is C15H27N3O2S. The van der Waals surface area contributed by atoms with Gasteiger partial charge in [-0.1, -0.05) is 19.3 Å². The van der Waals surface area contributed by atoms with Crippen LogP contribution in [-0.2, 0) is 10.0 Å². The van der Waals surface area contributed by atoms with Gasteiger partial charge in [-0.15, -0.1) is 0 Å². The quantitative estimate of drug-likeness (QED) is 0.794. The van der Waals surface area contributed by atoms with Gasteiger partial charge < -0.3 is 0 Å². The molecule has 2 rings (SSSR count). The Morgan fingerprint density at radius 2 is 1.67 bits per heavy atom. The summed E-state index contributed by atoms with van der Waals surface area (Å²) in [7, 11) is -3.13. The van der Waals surface area contributed by atoms with E-state index in [0.717, 1.165) is 12.8 Å². The predicted molar refractivity (Wildman–Crippen MR) is 83.2 cm³/mol. The fourth-order valence-corrected chi connectivity index (χ4v) is 5.21. The normalized spacial score (nSPS) is 23.9. The van der Waals surface area contributed by atoms with Crippen LogP contribution in [0.3, 0.4) is 0 Å². The zero-order valence-corrected chi connectivity index (χ0v) is 14.0. The molecule has 1 saturated heterocycles. The minimum Gasteiger partial charge on any atom is -0.283 e. The van der Waals surface area contributed by atoms with E-state index in [0.29, 0.717) is 37.8 Å². The molecule has 0 bridgehead atoms. The average molecular weight is 313 g/mol. The second-order valence-electron chi connectivity index (χ2n) is 6.84. The molecule has 0 radical (unpaired) electrons. The lowest BCUT2D eigenvalue weighted by Crippen LogP contribution is -2.55. The van der Waals surface area contributed by atoms with Gasteiger partial charge in [0.15, 0.2) is 0 Å². The van der Waals surface area contributed by atoms with E-state index in [-0.39, 0.29) is 0 Å². The van der Waals surface area contributed by atoms with Crippen molar-refractivity contribution in [2.24, 2.45) is 5.92 Å². The van der Waals surface area contributed by atoms with Gasteiger partial charge in [-0.2, -0.15) is 9.57 Å². The average Bonchev–Trinajstić information content (AvgIpc) is 2.48. The van der Waals surface area contributed by atoms with Gasteiger partial charge in [0.2, 0.25) is 10.0 Å². The summed E-state index contributed by atoms with van der Waals surface area (Å²) in [5.41, 5.74) is -0.515. The maximum Gasteiger partial charge on any atom is 0.214 e. The zero-order valence-electron chi connectivity index (χ0n) is 13.2. The molecule has 0 amide bonds. The maximum absolute atomic E-state index is 12.5. The molecule has 5 nitrogen and oxygen atoms in total. The second-order valence-corrected chi connectivity index (χ2v) is 8.85. The third kappa shape index (κ3) is 4.18. The molecule has 6 heteroatoms. The van der Waals surface area contributed by atoms with Crippen molar-refractivity contribution in [1.82, 2.24) is 9.21 Å². The Morgan fingerprint density at radius 3 is 2.19 bits per heavy atom. The first-order valence-corrected chi connectivity index (χ1v) is 9.60. The van der Waals surface area contributed by atoms with Crippen LogP contribution in [0.4, 0.5) is 0 Å². The SMILES string of the molecule is CC(C)(C#N)N1CCN(S(=O)(=O)CC2CCCCC2)CC1. The number of hydrogen-bond acceptors (Lipinski definition) is 4. The maximum atomic E-state index is 12.5. The summed E-state index contributed by atoms with van der Waals surface area (Å²) in [4.78, 5) is 2.07. The monoisotopic (exact) mass is 313 g/mol. The van der Waals surface area contributed by atoms with Crippen LogP contribution in [0.15, 0.2) is 0 Å². The Labute approximate surface area is 129 Å². The molecule has 0 unspecified atom stereocenters. The molecule has 0 N–H and O–H groups in total. The zero-order chi connectivity index (χ0) is 15.5. The van der Waals surface area contributed by atoms with Crippen LogP contribution < -0.4 is 0 Å². The van der Waals surface area contributed by atoms with Crippen molar-refractivity contribution in [3.05, 3.63) is 0 Å². The van der Waals surface area contributed by atoms with E-state index >= 15 is 0 Å². The summed E-state index contributed by atoms with van der Waals surface area (Å²) in [5, 5.41) is 9.16. The number of nitriles is 1. The van der Waals surface area contributed by atoms with Crippen LogP contribution in [0.5, 0.6) is 0 Å². The lowest BCUT2D eigenvalue weighted by atomic mass is 9.91. The van der Waals surface area contributed by atoms with Gasteiger partial charge >= 0.3 is 0 Å². The lowest BCUT2D eigenvalue weighted by molar-refractivity contribution is 0.115. The number of nitrogens with zero attached hydrogens (tertiary/aromatic N) is 3. The number of hydrogen-bond donors (Lipinski definition) is 0. The van der Waals surface area contributed by atoms with Crippen molar-refractivity contribution >= 4 is 10.0 Å². The summed E-state index contributed by atoms with van der Waals surface area (Å²) >= 11 is 0. The molecule has 21 heavy (non-hydrogen) atoms. The van der Waals surface area contributed by atoms with E-state index in [2.05, 4.69) is 11.0 Å². The van der Waals surface area contributed by atoms with Gasteiger partial charge in [-0.3, -0.25) is 4.90 Å². The van der Waals surface area contributed by atoms with Gasteiger partial charge in [-0.25, -0.2) is 8.42 Å². The molecule has 120 valence electrons. The number of sulfonamides is 1. The van der Waals surface area contributed by atoms with Gasteiger partial charge in [0.05, 0.1) is 11.8 Å². The second kappa shape index (κ2) is 6.64. The van der Waals surface area contributed by atoms with E-state index in [4.69, 9.17) is 5.26 Å². The fraction of sp³-hybridized carbons (Fsp3) is 0.933. The summed E-state index contributed by atoms with van der Waals surface area (Å²) in [6.45, 7) is 6.09. The van der Waals surface area contributed by atoms with Crippen LogP contribution in [-0.4, -0.2) is 55.1 Å². The van der Waals surface area contributed by atoms with Crippen molar-refractivity contribution in [1.29, 1.82) is 5.26 Å². The predicted octanol–water partition coefficient (Wildman–Crippen LogP) is 1.82. The fourth-order valence-electron chi connectivity index (χ4n) is 3.35. The number of piperazine rings is 1. The highest BCUT2D eigenvalue weighted by molar-refractivity contribution is 7.89. The van der Waals surface area contributed by atoms with Crippen molar-refractivity contribution in [3.63, 3.8) is 0 Å². The van der Waals surface area contributed by atoms with E-state index < -0.39 is 15.6 Å². The molecule has 0 aromatic carbocycles. The first-order valence-electron chi connectivity index (χ1n) is 7.99. The third-order valence-corrected chi connectivity index (χ3v) is 6.91. The van der Waals surface area contributed by atoms with Crippen LogP contribution in [0.1, 0.15) is 46.0 Å². The molecule has 0 spiro atoms. The van der Waals surface area contributed by atoms with Gasteiger partial charge in [0.25, 0.3) is 0 Å². The lowest BCUT2D eigenvalue weighted by Gasteiger charge is -2.40. The standard InChI is InChI=1S/C15H27N3O2S/c1-15(2,13-16)17-8-10-18(11-9-17)21(19,20)12-14-6-4-3-5-7-14/h14H,3-12H2,1-2H3. The summed E-state index contributed by atoms with van der Waals surface area (Å²) in [5.74, 6) is 0.659. The van der Waals surface area contributed by atoms with Crippen LogP contribution >= 0.6 is 0 Å². The molecule has 1 aliphatic carbocycles. The highest BCUT2D eigenvalue weighted by Gasteiger charge is 2.34. The van der Waals surface area contributed by atoms with Gasteiger partial charge in [0, 0.05) is 26.2 Å². The Hall–Kier alpha value is -0.640. The smallest absolute Gasteiger partial charge is 0.214 e. The first-order chi connectivity index (χ1) is 9.85. The van der Waals surface area contributed by atoms with Gasteiger partial charge in [-0.05, 0) is 32.6 Å². The van der Waals surface area contributed by atoms with E-state index in [1.807, 2.05) is 13.8 Å². The van der Waals surface area contributed by atoms with Crippen LogP contribution in [0, 0.1) is 17.2 Å². The minimum absolute atomic E-state index is 0.314. The van der Waals surface area contributed by atoms with Crippen molar-refractivity contribution in [2.75, 3.05) is 31.9 Å². The molecule has 1 saturated carbocycles. The van der Waals surface area contributed by atoms with Crippen molar-refractivity contribution in [2.45, 2.75) is 51.5 Å². The molecule has 2 fully saturated rings. The van der Waals surface area contributed by atoms with E-state index in [1.54, 1.807) is 4.31 Å². The topological polar surface area (TPSA) is 64.4 Å². The third-order valence-electron chi connectivity index (χ3n) is 4.87. The highest BCUT2D eigenvalue weighted by Crippen LogP contribution is 2.26. The van der Waals surface area contributed by atoms with E-state index in [9.17, 15) is 8.42 Å². The molecule has 1 heterocycles. The Kier molecular flexibility index (Phi) is 5.29. The Bertz CT molecular complexity index is 482. The van der Waals surface area contributed by atoms with Gasteiger partial charge in [0.1, 0.15) is 5.54 Å². The van der Waals surface area contributed by atoms with Crippen LogP contribution in [0.25, 0.3) is 0 Å². The molecule has 0 aromatic heterocycles. The largest absolute Gasteiger partial charge is 0.283 e. The summed E-state index contributed by atoms with van der Waals surface area (Å²) in [6.07, 6.45) is 5.70. The summed E-state index contributed by atoms with van der Waals surface area (Å²) < 4.78 is 26.7. The van der Waals surface area contributed by atoms with Crippen molar-refractivity contribution in [3.8, 4) is 6.07 Å². The Balaban J connectivity index is 1.90. The Morgan fingerprint density at radius 1 is 1.10 bits per heavy atom. The summed E-state index contributed by atoms with van der Waals surface area (Å²) in [6, 6.07) is 2.29. The molecule has 1 aliphatic heterocycles. The molecule has 0 atom stereocenters.